The van der Waals surface area contributed by atoms with Gasteiger partial charge in [0.1, 0.15) is 5.82 Å². The Hall–Kier alpha value is -1.09. The topological polar surface area (TPSA) is 59.8 Å². The molecule has 1 aromatic rings. The summed E-state index contributed by atoms with van der Waals surface area (Å²) in [7, 11) is 0. The third-order valence-corrected chi connectivity index (χ3v) is 5.51. The van der Waals surface area contributed by atoms with Crippen molar-refractivity contribution in [1.29, 1.82) is 0 Å². The van der Waals surface area contributed by atoms with Crippen molar-refractivity contribution in [3.05, 3.63) is 22.8 Å². The summed E-state index contributed by atoms with van der Waals surface area (Å²) in [6.45, 7) is 2.89. The van der Waals surface area contributed by atoms with Crippen molar-refractivity contribution in [2.45, 2.75) is 25.1 Å². The van der Waals surface area contributed by atoms with Gasteiger partial charge in [0.05, 0.1) is 16.7 Å². The molecular weight excluding hydrogens is 371 g/mol. The molecule has 0 radical (unpaired) electrons. The van der Waals surface area contributed by atoms with Gasteiger partial charge < -0.3 is 20.0 Å². The van der Waals surface area contributed by atoms with Crippen LogP contribution in [0.25, 0.3) is 0 Å². The number of likely N-dealkylation sites (tertiary alicyclic amines) is 1. The highest BCUT2D eigenvalue weighted by atomic mass is 35.5. The van der Waals surface area contributed by atoms with Crippen LogP contribution >= 0.6 is 11.6 Å². The van der Waals surface area contributed by atoms with Crippen LogP contribution in [0.5, 0.6) is 0 Å². The lowest BCUT2D eigenvalue weighted by Crippen LogP contribution is -2.40. The molecule has 2 fully saturated rings. The monoisotopic (exact) mass is 393 g/mol. The zero-order chi connectivity index (χ0) is 18.9. The number of halogens is 4. The highest BCUT2D eigenvalue weighted by Crippen LogP contribution is 2.39. The first kappa shape index (κ1) is 19.7. The molecule has 5 nitrogen and oxygen atoms in total. The molecule has 0 aliphatic carbocycles. The highest BCUT2D eigenvalue weighted by molar-refractivity contribution is 6.30. The molecule has 2 atom stereocenters. The Balaban J connectivity index is 1.75. The maximum Gasteiger partial charge on any atom is 0.420 e. The minimum Gasteiger partial charge on any atom is -0.396 e. The lowest BCUT2D eigenvalue weighted by molar-refractivity contribution is -0.137. The van der Waals surface area contributed by atoms with Crippen molar-refractivity contribution >= 4 is 17.4 Å². The zero-order valence-corrected chi connectivity index (χ0v) is 15.0. The van der Waals surface area contributed by atoms with E-state index in [2.05, 4.69) is 9.88 Å². The van der Waals surface area contributed by atoms with Crippen LogP contribution in [0.2, 0.25) is 5.02 Å². The number of piperidine rings is 1. The predicted octanol–water partition coefficient (Wildman–Crippen LogP) is 2.26. The quantitative estimate of drug-likeness (QED) is 0.821. The Kier molecular flexibility index (Phi) is 5.96. The SMILES string of the molecule is OC[C@H]1CN(c2ncc(Cl)cc2C(F)(F)F)C[C@H]1CN1CCC(O)CC1. The second-order valence-corrected chi connectivity index (χ2v) is 7.60. The van der Waals surface area contributed by atoms with E-state index in [0.29, 0.717) is 32.5 Å². The summed E-state index contributed by atoms with van der Waals surface area (Å²) in [5.74, 6) is -0.189. The number of hydrogen-bond donors (Lipinski definition) is 2. The number of rotatable bonds is 4. The Morgan fingerprint density at radius 1 is 1.19 bits per heavy atom. The third kappa shape index (κ3) is 4.42. The van der Waals surface area contributed by atoms with E-state index in [0.717, 1.165) is 19.2 Å². The molecule has 3 rings (SSSR count). The summed E-state index contributed by atoms with van der Waals surface area (Å²) in [4.78, 5) is 7.74. The van der Waals surface area contributed by atoms with Gasteiger partial charge in [-0.1, -0.05) is 11.6 Å². The standard InChI is InChI=1S/C17H23ClF3N3O2/c18-13-5-15(17(19,20)21)16(22-6-13)24-8-11(12(9-24)10-25)7-23-3-1-14(26)2-4-23/h5-6,11-12,14,25-26H,1-4,7-10H2/t11-,12-/m1/s1. The van der Waals surface area contributed by atoms with Gasteiger partial charge in [-0.15, -0.1) is 0 Å². The lowest BCUT2D eigenvalue weighted by atomic mass is 9.95. The molecule has 2 saturated heterocycles. The molecule has 0 saturated carbocycles. The summed E-state index contributed by atoms with van der Waals surface area (Å²) < 4.78 is 40.1. The van der Waals surface area contributed by atoms with E-state index in [1.165, 1.54) is 6.20 Å². The normalized spacial score (nSPS) is 25.8. The molecule has 9 heteroatoms. The maximum absolute atomic E-state index is 13.4. The average molecular weight is 394 g/mol. The fourth-order valence-corrected chi connectivity index (χ4v) is 4.01. The maximum atomic E-state index is 13.4. The number of nitrogens with zero attached hydrogens (tertiary/aromatic N) is 3. The molecule has 2 N–H and O–H groups in total. The Labute approximate surface area is 155 Å². The van der Waals surface area contributed by atoms with Gasteiger partial charge in [0.25, 0.3) is 0 Å². The Morgan fingerprint density at radius 2 is 1.85 bits per heavy atom. The molecule has 0 amide bonds. The molecular formula is C17H23ClF3N3O2. The van der Waals surface area contributed by atoms with Crippen LogP contribution in [0.15, 0.2) is 12.3 Å². The molecule has 2 aliphatic rings. The first-order valence-electron chi connectivity index (χ1n) is 8.77. The molecule has 3 heterocycles. The van der Waals surface area contributed by atoms with Crippen LogP contribution in [0.3, 0.4) is 0 Å². The fourth-order valence-electron chi connectivity index (χ4n) is 3.85. The van der Waals surface area contributed by atoms with Gasteiger partial charge in [-0.2, -0.15) is 13.2 Å². The summed E-state index contributed by atoms with van der Waals surface area (Å²) >= 11 is 5.71. The molecule has 26 heavy (non-hydrogen) atoms. The number of anilines is 1. The van der Waals surface area contributed by atoms with Crippen molar-refractivity contribution in [3.8, 4) is 0 Å². The van der Waals surface area contributed by atoms with Gasteiger partial charge >= 0.3 is 6.18 Å². The average Bonchev–Trinajstić information content (AvgIpc) is 2.99. The molecule has 0 aromatic carbocycles. The van der Waals surface area contributed by atoms with E-state index in [4.69, 9.17) is 11.6 Å². The number of pyridine rings is 1. The van der Waals surface area contributed by atoms with Gasteiger partial charge in [0, 0.05) is 51.4 Å². The van der Waals surface area contributed by atoms with Crippen molar-refractivity contribution in [2.75, 3.05) is 44.2 Å². The number of alkyl halides is 3. The highest BCUT2D eigenvalue weighted by Gasteiger charge is 2.40. The lowest BCUT2D eigenvalue weighted by Gasteiger charge is -2.32. The summed E-state index contributed by atoms with van der Waals surface area (Å²) in [6, 6.07) is 0.900. The largest absolute Gasteiger partial charge is 0.420 e. The summed E-state index contributed by atoms with van der Waals surface area (Å²) in [5, 5.41) is 19.2. The van der Waals surface area contributed by atoms with E-state index in [1.807, 2.05) is 0 Å². The number of aromatic nitrogens is 1. The van der Waals surface area contributed by atoms with E-state index < -0.39 is 11.7 Å². The first-order valence-corrected chi connectivity index (χ1v) is 9.14. The van der Waals surface area contributed by atoms with Gasteiger partial charge in [0.2, 0.25) is 0 Å². The van der Waals surface area contributed by atoms with E-state index in [9.17, 15) is 23.4 Å². The van der Waals surface area contributed by atoms with Crippen LogP contribution in [0, 0.1) is 11.8 Å². The van der Waals surface area contributed by atoms with Gasteiger partial charge in [-0.3, -0.25) is 0 Å². The van der Waals surface area contributed by atoms with E-state index in [-0.39, 0.29) is 35.4 Å². The molecule has 2 aliphatic heterocycles. The van der Waals surface area contributed by atoms with E-state index >= 15 is 0 Å². The molecule has 1 aromatic heterocycles. The van der Waals surface area contributed by atoms with Gasteiger partial charge in [0.15, 0.2) is 0 Å². The second kappa shape index (κ2) is 7.88. The van der Waals surface area contributed by atoms with Crippen LogP contribution in [0.4, 0.5) is 19.0 Å². The minimum absolute atomic E-state index is 0.0498. The second-order valence-electron chi connectivity index (χ2n) is 7.16. The Morgan fingerprint density at radius 3 is 2.46 bits per heavy atom. The molecule has 146 valence electrons. The number of hydrogen-bond acceptors (Lipinski definition) is 5. The fraction of sp³-hybridized carbons (Fsp3) is 0.706. The summed E-state index contributed by atoms with van der Waals surface area (Å²) in [6.07, 6.45) is -2.18. The molecule has 0 unspecified atom stereocenters. The van der Waals surface area contributed by atoms with Crippen molar-refractivity contribution in [3.63, 3.8) is 0 Å². The van der Waals surface area contributed by atoms with Crippen LogP contribution in [-0.4, -0.2) is 65.5 Å². The third-order valence-electron chi connectivity index (χ3n) is 5.30. The predicted molar refractivity (Wildman–Crippen MR) is 92.2 cm³/mol. The minimum atomic E-state index is -4.54. The first-order chi connectivity index (χ1) is 12.3. The van der Waals surface area contributed by atoms with Crippen molar-refractivity contribution in [1.82, 2.24) is 9.88 Å². The molecule has 0 bridgehead atoms. The van der Waals surface area contributed by atoms with Crippen molar-refractivity contribution in [2.24, 2.45) is 11.8 Å². The van der Waals surface area contributed by atoms with Crippen LogP contribution < -0.4 is 4.90 Å². The number of aliphatic hydroxyl groups is 2. The van der Waals surface area contributed by atoms with Crippen molar-refractivity contribution < 1.29 is 23.4 Å². The zero-order valence-electron chi connectivity index (χ0n) is 14.3. The Bertz CT molecular complexity index is 624. The van der Waals surface area contributed by atoms with Crippen LogP contribution in [-0.2, 0) is 6.18 Å². The molecule has 0 spiro atoms. The van der Waals surface area contributed by atoms with Crippen LogP contribution in [0.1, 0.15) is 18.4 Å². The van der Waals surface area contributed by atoms with Gasteiger partial charge in [-0.05, 0) is 24.8 Å². The summed E-state index contributed by atoms with van der Waals surface area (Å²) in [5.41, 5.74) is -0.844. The van der Waals surface area contributed by atoms with E-state index in [1.54, 1.807) is 4.90 Å². The smallest absolute Gasteiger partial charge is 0.396 e. The number of aliphatic hydroxyl groups excluding tert-OH is 2. The van der Waals surface area contributed by atoms with Gasteiger partial charge in [-0.25, -0.2) is 4.98 Å².